The molecule has 2 amide bonds. The summed E-state index contributed by atoms with van der Waals surface area (Å²) in [5, 5.41) is 7.59. The topological polar surface area (TPSA) is 89.0 Å². The van der Waals surface area contributed by atoms with Crippen LogP contribution in [0.15, 0.2) is 77.9 Å². The van der Waals surface area contributed by atoms with Gasteiger partial charge in [0.2, 0.25) is 0 Å². The zero-order valence-electron chi connectivity index (χ0n) is 20.6. The summed E-state index contributed by atoms with van der Waals surface area (Å²) in [6, 6.07) is 20.6. The van der Waals surface area contributed by atoms with Crippen LogP contribution in [-0.2, 0) is 16.0 Å². The molecule has 3 rings (SSSR count). The quantitative estimate of drug-likeness (QED) is 0.236. The molecule has 0 unspecified atom stereocenters. The molecule has 2 N–H and O–H groups in total. The van der Waals surface area contributed by atoms with E-state index in [1.54, 1.807) is 19.1 Å². The van der Waals surface area contributed by atoms with E-state index in [9.17, 15) is 9.59 Å². The number of nitrogens with zero attached hydrogens (tertiary/aromatic N) is 1. The predicted molar refractivity (Wildman–Crippen MR) is 147 cm³/mol. The minimum Gasteiger partial charge on any atom is -0.493 e. The fourth-order valence-electron chi connectivity index (χ4n) is 3.34. The molecular formula is C28H29Cl2N3O4. The first kappa shape index (κ1) is 28.0. The van der Waals surface area contributed by atoms with E-state index in [-0.39, 0.29) is 11.4 Å². The van der Waals surface area contributed by atoms with Gasteiger partial charge in [-0.2, -0.15) is 5.10 Å². The summed E-state index contributed by atoms with van der Waals surface area (Å²) in [6.07, 6.45) is 1.72. The number of carbonyl (C=O) groups is 2. The summed E-state index contributed by atoms with van der Waals surface area (Å²) < 4.78 is 11.4. The Kier molecular flexibility index (Phi) is 10.8. The lowest BCUT2D eigenvalue weighted by Gasteiger charge is -2.21. The molecule has 9 heteroatoms. The third-order valence-electron chi connectivity index (χ3n) is 5.24. The summed E-state index contributed by atoms with van der Waals surface area (Å²) in [6.45, 7) is 4.17. The van der Waals surface area contributed by atoms with E-state index < -0.39 is 24.0 Å². The van der Waals surface area contributed by atoms with Crippen molar-refractivity contribution in [2.24, 2.45) is 5.10 Å². The van der Waals surface area contributed by atoms with Crippen LogP contribution in [0.4, 0.5) is 0 Å². The molecule has 194 valence electrons. The van der Waals surface area contributed by atoms with Crippen molar-refractivity contribution in [2.45, 2.75) is 38.8 Å². The van der Waals surface area contributed by atoms with E-state index in [2.05, 4.69) is 15.8 Å². The van der Waals surface area contributed by atoms with E-state index in [0.29, 0.717) is 23.1 Å². The first-order chi connectivity index (χ1) is 17.9. The number of carbonyl (C=O) groups excluding carboxylic acids is 2. The fraction of sp³-hybridized carbons (Fsp3) is 0.250. The summed E-state index contributed by atoms with van der Waals surface area (Å²) >= 11 is 12.1. The Morgan fingerprint density at radius 1 is 0.973 bits per heavy atom. The maximum Gasteiger partial charge on any atom is 0.262 e. The minimum absolute atomic E-state index is 0.262. The van der Waals surface area contributed by atoms with Gasteiger partial charge in [0.15, 0.2) is 6.10 Å². The van der Waals surface area contributed by atoms with Crippen LogP contribution >= 0.6 is 23.2 Å². The number of hydrazone groups is 1. The molecule has 37 heavy (non-hydrogen) atoms. The van der Waals surface area contributed by atoms with Gasteiger partial charge in [0, 0.05) is 17.0 Å². The molecular weight excluding hydrogens is 513 g/mol. The maximum absolute atomic E-state index is 13.1. The van der Waals surface area contributed by atoms with E-state index in [1.807, 2.05) is 61.5 Å². The van der Waals surface area contributed by atoms with Crippen molar-refractivity contribution in [1.29, 1.82) is 0 Å². The maximum atomic E-state index is 13.1. The number of nitrogens with one attached hydrogen (secondary N) is 2. The standard InChI is InChI=1S/C28H29Cl2N3O4/c1-3-15-36-25-12-8-7-11-21(25)18-31-33-28(35)24(16-20-9-5-4-6-10-20)32-27(34)19(2)37-26-14-13-22(29)17-23(26)30/h4-14,17-19,24H,3,15-16H2,1-2H3,(H,32,34)(H,33,35)/b31-18-/t19-,24-/m0/s1. The van der Waals surface area contributed by atoms with Crippen LogP contribution < -0.4 is 20.2 Å². The van der Waals surface area contributed by atoms with E-state index in [1.165, 1.54) is 12.3 Å². The van der Waals surface area contributed by atoms with Gasteiger partial charge in [-0.1, -0.05) is 72.6 Å². The number of hydrogen-bond donors (Lipinski definition) is 2. The summed E-state index contributed by atoms with van der Waals surface area (Å²) in [5.74, 6) is 0.0242. The van der Waals surface area contributed by atoms with Crippen molar-refractivity contribution >= 4 is 41.2 Å². The summed E-state index contributed by atoms with van der Waals surface area (Å²) in [7, 11) is 0. The van der Waals surface area contributed by atoms with Gasteiger partial charge in [-0.25, -0.2) is 5.43 Å². The smallest absolute Gasteiger partial charge is 0.262 e. The molecule has 0 saturated heterocycles. The highest BCUT2D eigenvalue weighted by Crippen LogP contribution is 2.28. The Hall–Kier alpha value is -3.55. The van der Waals surface area contributed by atoms with Gasteiger partial charge < -0.3 is 14.8 Å². The fourth-order valence-corrected chi connectivity index (χ4v) is 3.79. The first-order valence-electron chi connectivity index (χ1n) is 11.9. The van der Waals surface area contributed by atoms with Gasteiger partial charge >= 0.3 is 0 Å². The molecule has 0 spiro atoms. The Balaban J connectivity index is 1.69. The average molecular weight is 542 g/mol. The van der Waals surface area contributed by atoms with Crippen LogP contribution in [0.5, 0.6) is 11.5 Å². The second-order valence-corrected chi connectivity index (χ2v) is 9.05. The zero-order valence-corrected chi connectivity index (χ0v) is 22.1. The lowest BCUT2D eigenvalue weighted by molar-refractivity contribution is -0.132. The third kappa shape index (κ3) is 8.81. The molecule has 0 aliphatic heterocycles. The van der Waals surface area contributed by atoms with Crippen LogP contribution in [0, 0.1) is 0 Å². The van der Waals surface area contributed by atoms with Gasteiger partial charge in [0.05, 0.1) is 17.8 Å². The van der Waals surface area contributed by atoms with E-state index in [0.717, 1.165) is 17.5 Å². The van der Waals surface area contributed by atoms with Crippen molar-refractivity contribution in [1.82, 2.24) is 10.7 Å². The Morgan fingerprint density at radius 3 is 2.43 bits per heavy atom. The van der Waals surface area contributed by atoms with Gasteiger partial charge in [-0.05, 0) is 49.2 Å². The number of para-hydroxylation sites is 1. The number of rotatable bonds is 12. The third-order valence-corrected chi connectivity index (χ3v) is 5.77. The van der Waals surface area contributed by atoms with Crippen LogP contribution in [0.25, 0.3) is 0 Å². The van der Waals surface area contributed by atoms with Crippen LogP contribution in [0.2, 0.25) is 10.0 Å². The van der Waals surface area contributed by atoms with Gasteiger partial charge in [0.25, 0.3) is 11.8 Å². The number of ether oxygens (including phenoxy) is 2. The van der Waals surface area contributed by atoms with Crippen LogP contribution in [-0.4, -0.2) is 36.8 Å². The molecule has 0 aliphatic carbocycles. The second kappa shape index (κ2) is 14.3. The zero-order chi connectivity index (χ0) is 26.6. The SMILES string of the molecule is CCCOc1ccccc1/C=N\NC(=O)[C@H](Cc1ccccc1)NC(=O)[C@H](C)Oc1ccc(Cl)cc1Cl. The van der Waals surface area contributed by atoms with Crippen LogP contribution in [0.3, 0.4) is 0 Å². The lowest BCUT2D eigenvalue weighted by atomic mass is 10.1. The largest absolute Gasteiger partial charge is 0.493 e. The molecule has 0 fully saturated rings. The van der Waals surface area contributed by atoms with Crippen molar-refractivity contribution in [3.8, 4) is 11.5 Å². The molecule has 7 nitrogen and oxygen atoms in total. The van der Waals surface area contributed by atoms with Gasteiger partial charge in [-0.15, -0.1) is 0 Å². The molecule has 2 atom stereocenters. The minimum atomic E-state index is -0.921. The summed E-state index contributed by atoms with van der Waals surface area (Å²) in [5.41, 5.74) is 4.13. The molecule has 0 heterocycles. The van der Waals surface area contributed by atoms with E-state index >= 15 is 0 Å². The molecule has 0 radical (unpaired) electrons. The first-order valence-corrected chi connectivity index (χ1v) is 12.6. The van der Waals surface area contributed by atoms with Gasteiger partial charge in [0.1, 0.15) is 17.5 Å². The highest BCUT2D eigenvalue weighted by Gasteiger charge is 2.25. The summed E-state index contributed by atoms with van der Waals surface area (Å²) in [4.78, 5) is 26.0. The number of benzene rings is 3. The average Bonchev–Trinajstić information content (AvgIpc) is 2.89. The normalized spacial score (nSPS) is 12.5. The molecule has 3 aromatic rings. The monoisotopic (exact) mass is 541 g/mol. The van der Waals surface area contributed by atoms with Crippen LogP contribution in [0.1, 0.15) is 31.4 Å². The Labute approximate surface area is 226 Å². The molecule has 0 aromatic heterocycles. The Morgan fingerprint density at radius 2 is 1.70 bits per heavy atom. The highest BCUT2D eigenvalue weighted by molar-refractivity contribution is 6.35. The number of halogens is 2. The van der Waals surface area contributed by atoms with Crippen molar-refractivity contribution < 1.29 is 19.1 Å². The predicted octanol–water partition coefficient (Wildman–Crippen LogP) is 5.43. The molecule has 0 aliphatic rings. The van der Waals surface area contributed by atoms with Crippen molar-refractivity contribution in [2.75, 3.05) is 6.61 Å². The molecule has 0 saturated carbocycles. The Bertz CT molecular complexity index is 1220. The lowest BCUT2D eigenvalue weighted by Crippen LogP contribution is -2.50. The molecule has 3 aromatic carbocycles. The number of amides is 2. The van der Waals surface area contributed by atoms with E-state index in [4.69, 9.17) is 32.7 Å². The van der Waals surface area contributed by atoms with Crippen molar-refractivity contribution in [3.05, 3.63) is 94.0 Å². The number of hydrogen-bond acceptors (Lipinski definition) is 5. The molecule has 0 bridgehead atoms. The van der Waals surface area contributed by atoms with Crippen molar-refractivity contribution in [3.63, 3.8) is 0 Å². The second-order valence-electron chi connectivity index (χ2n) is 8.21. The van der Waals surface area contributed by atoms with Gasteiger partial charge in [-0.3, -0.25) is 9.59 Å². The highest BCUT2D eigenvalue weighted by atomic mass is 35.5.